The van der Waals surface area contributed by atoms with E-state index in [1.54, 1.807) is 6.20 Å². The van der Waals surface area contributed by atoms with Crippen molar-refractivity contribution in [2.24, 2.45) is 5.73 Å². The van der Waals surface area contributed by atoms with E-state index in [2.05, 4.69) is 29.2 Å². The monoisotopic (exact) mass is 238 g/mol. The predicted octanol–water partition coefficient (Wildman–Crippen LogP) is 1.08. The van der Waals surface area contributed by atoms with Crippen LogP contribution in [0.5, 0.6) is 0 Å². The zero-order valence-corrected chi connectivity index (χ0v) is 10.5. The highest BCUT2D eigenvalue weighted by Crippen LogP contribution is 2.11. The van der Waals surface area contributed by atoms with Gasteiger partial charge in [0.15, 0.2) is 0 Å². The van der Waals surface area contributed by atoms with Crippen molar-refractivity contribution in [2.45, 2.75) is 6.92 Å². The molecule has 0 spiro atoms. The minimum atomic E-state index is 0.326. The van der Waals surface area contributed by atoms with E-state index in [0.29, 0.717) is 10.7 Å². The fourth-order valence-electron chi connectivity index (χ4n) is 1.28. The Labute approximate surface area is 102 Å². The molecule has 0 saturated heterocycles. The van der Waals surface area contributed by atoms with E-state index in [0.717, 1.165) is 25.3 Å². The van der Waals surface area contributed by atoms with Crippen LogP contribution >= 0.6 is 12.2 Å². The number of likely N-dealkylation sites (N-methyl/N-ethyl adjacent to an activating group) is 1. The average molecular weight is 238 g/mol. The largest absolute Gasteiger partial charge is 0.388 e. The first-order valence-electron chi connectivity index (χ1n) is 5.32. The van der Waals surface area contributed by atoms with Gasteiger partial charge in [-0.3, -0.25) is 4.98 Å². The molecular weight excluding hydrogens is 220 g/mol. The van der Waals surface area contributed by atoms with E-state index in [1.165, 1.54) is 0 Å². The molecule has 0 amide bonds. The number of pyridine rings is 1. The third-order valence-corrected chi connectivity index (χ3v) is 2.58. The smallest absolute Gasteiger partial charge is 0.124 e. The molecule has 0 fully saturated rings. The average Bonchev–Trinajstić information content (AvgIpc) is 2.29. The molecule has 0 bridgehead atoms. The number of rotatable bonds is 6. The lowest BCUT2D eigenvalue weighted by molar-refractivity contribution is 0.367. The van der Waals surface area contributed by atoms with Crippen LogP contribution in [0.3, 0.4) is 0 Å². The SMILES string of the molecule is CCN(C)CCNc1cccnc1C(N)=S. The van der Waals surface area contributed by atoms with Gasteiger partial charge >= 0.3 is 0 Å². The van der Waals surface area contributed by atoms with E-state index >= 15 is 0 Å². The maximum Gasteiger partial charge on any atom is 0.124 e. The van der Waals surface area contributed by atoms with Crippen LogP contribution in [0.1, 0.15) is 12.6 Å². The summed E-state index contributed by atoms with van der Waals surface area (Å²) in [7, 11) is 2.08. The van der Waals surface area contributed by atoms with Gasteiger partial charge in [0.25, 0.3) is 0 Å². The normalized spacial score (nSPS) is 10.4. The van der Waals surface area contributed by atoms with Crippen LogP contribution in [-0.4, -0.2) is 41.6 Å². The molecule has 0 aliphatic heterocycles. The molecule has 0 radical (unpaired) electrons. The zero-order valence-electron chi connectivity index (χ0n) is 9.73. The van der Waals surface area contributed by atoms with Crippen molar-refractivity contribution in [3.05, 3.63) is 24.0 Å². The molecule has 0 atom stereocenters. The maximum absolute atomic E-state index is 5.59. The Morgan fingerprint density at radius 1 is 1.62 bits per heavy atom. The summed E-state index contributed by atoms with van der Waals surface area (Å²) in [6.45, 7) is 5.00. The third-order valence-electron chi connectivity index (χ3n) is 2.39. The van der Waals surface area contributed by atoms with Gasteiger partial charge < -0.3 is 16.0 Å². The second-order valence-corrected chi connectivity index (χ2v) is 4.03. The number of nitrogens with one attached hydrogen (secondary N) is 1. The second-order valence-electron chi connectivity index (χ2n) is 3.59. The highest BCUT2D eigenvalue weighted by Gasteiger charge is 2.05. The Morgan fingerprint density at radius 2 is 2.38 bits per heavy atom. The number of hydrogen-bond acceptors (Lipinski definition) is 4. The van der Waals surface area contributed by atoms with Gasteiger partial charge in [-0.1, -0.05) is 19.1 Å². The standard InChI is InChI=1S/C11H18N4S/c1-3-15(2)8-7-13-9-5-4-6-14-10(9)11(12)16/h4-6,13H,3,7-8H2,1-2H3,(H2,12,16). The predicted molar refractivity (Wildman–Crippen MR) is 71.8 cm³/mol. The summed E-state index contributed by atoms with van der Waals surface area (Å²) in [6, 6.07) is 3.81. The number of nitrogens with two attached hydrogens (primary N) is 1. The van der Waals surface area contributed by atoms with Crippen LogP contribution in [-0.2, 0) is 0 Å². The molecule has 0 unspecified atom stereocenters. The fourth-order valence-corrected chi connectivity index (χ4v) is 1.45. The lowest BCUT2D eigenvalue weighted by atomic mass is 10.3. The molecule has 0 aliphatic carbocycles. The molecule has 1 rings (SSSR count). The van der Waals surface area contributed by atoms with Crippen molar-refractivity contribution in [2.75, 3.05) is 32.0 Å². The van der Waals surface area contributed by atoms with Crippen LogP contribution in [0.4, 0.5) is 5.69 Å². The summed E-state index contributed by atoms with van der Waals surface area (Å²) in [6.07, 6.45) is 1.69. The summed E-state index contributed by atoms with van der Waals surface area (Å²) in [5, 5.41) is 3.29. The molecule has 0 aromatic carbocycles. The molecule has 1 heterocycles. The van der Waals surface area contributed by atoms with E-state index in [9.17, 15) is 0 Å². The van der Waals surface area contributed by atoms with Gasteiger partial charge in [-0.05, 0) is 25.7 Å². The van der Waals surface area contributed by atoms with Crippen molar-refractivity contribution in [1.29, 1.82) is 0 Å². The highest BCUT2D eigenvalue weighted by atomic mass is 32.1. The van der Waals surface area contributed by atoms with Crippen LogP contribution in [0.2, 0.25) is 0 Å². The minimum Gasteiger partial charge on any atom is -0.388 e. The van der Waals surface area contributed by atoms with E-state index < -0.39 is 0 Å². The molecular formula is C11H18N4S. The highest BCUT2D eigenvalue weighted by molar-refractivity contribution is 7.80. The Hall–Kier alpha value is -1.20. The summed E-state index contributed by atoms with van der Waals surface area (Å²) in [4.78, 5) is 6.71. The Morgan fingerprint density at radius 3 is 3.00 bits per heavy atom. The quantitative estimate of drug-likeness (QED) is 0.726. The van der Waals surface area contributed by atoms with Gasteiger partial charge in [-0.2, -0.15) is 0 Å². The molecule has 0 aliphatic rings. The first-order chi connectivity index (χ1) is 7.65. The molecule has 5 heteroatoms. The van der Waals surface area contributed by atoms with Crippen molar-refractivity contribution in [1.82, 2.24) is 9.88 Å². The summed E-state index contributed by atoms with van der Waals surface area (Å²) in [5.74, 6) is 0. The lowest BCUT2D eigenvalue weighted by Gasteiger charge is -2.15. The first kappa shape index (κ1) is 12.9. The van der Waals surface area contributed by atoms with Crippen molar-refractivity contribution in [3.63, 3.8) is 0 Å². The lowest BCUT2D eigenvalue weighted by Crippen LogP contribution is -2.25. The minimum absolute atomic E-state index is 0.326. The number of thiocarbonyl (C=S) groups is 1. The Kier molecular flexibility index (Phi) is 5.14. The summed E-state index contributed by atoms with van der Waals surface area (Å²) in [5.41, 5.74) is 7.16. The van der Waals surface area contributed by atoms with Crippen molar-refractivity contribution < 1.29 is 0 Å². The van der Waals surface area contributed by atoms with Gasteiger partial charge in [0.2, 0.25) is 0 Å². The van der Waals surface area contributed by atoms with Crippen LogP contribution in [0, 0.1) is 0 Å². The molecule has 88 valence electrons. The number of anilines is 1. The van der Waals surface area contributed by atoms with E-state index in [-0.39, 0.29) is 0 Å². The number of hydrogen-bond donors (Lipinski definition) is 2. The van der Waals surface area contributed by atoms with E-state index in [4.69, 9.17) is 18.0 Å². The molecule has 16 heavy (non-hydrogen) atoms. The van der Waals surface area contributed by atoms with Gasteiger partial charge in [0.05, 0.1) is 5.69 Å². The molecule has 1 aromatic rings. The second kappa shape index (κ2) is 6.40. The number of aromatic nitrogens is 1. The summed E-state index contributed by atoms with van der Waals surface area (Å²) >= 11 is 4.94. The third kappa shape index (κ3) is 3.75. The maximum atomic E-state index is 5.59. The molecule has 1 aromatic heterocycles. The van der Waals surface area contributed by atoms with E-state index in [1.807, 2.05) is 12.1 Å². The van der Waals surface area contributed by atoms with Crippen LogP contribution in [0.15, 0.2) is 18.3 Å². The molecule has 0 saturated carbocycles. The van der Waals surface area contributed by atoms with Crippen LogP contribution < -0.4 is 11.1 Å². The van der Waals surface area contributed by atoms with Gasteiger partial charge in [-0.15, -0.1) is 0 Å². The molecule has 3 N–H and O–H groups in total. The topological polar surface area (TPSA) is 54.2 Å². The Balaban J connectivity index is 2.56. The zero-order chi connectivity index (χ0) is 12.0. The van der Waals surface area contributed by atoms with Gasteiger partial charge in [0, 0.05) is 19.3 Å². The van der Waals surface area contributed by atoms with Crippen molar-refractivity contribution >= 4 is 22.9 Å². The van der Waals surface area contributed by atoms with Crippen LogP contribution in [0.25, 0.3) is 0 Å². The van der Waals surface area contributed by atoms with Crippen molar-refractivity contribution in [3.8, 4) is 0 Å². The summed E-state index contributed by atoms with van der Waals surface area (Å²) < 4.78 is 0. The van der Waals surface area contributed by atoms with Gasteiger partial charge in [-0.25, -0.2) is 0 Å². The Bertz CT molecular complexity index is 354. The fraction of sp³-hybridized carbons (Fsp3) is 0.455. The first-order valence-corrected chi connectivity index (χ1v) is 5.73. The molecule has 4 nitrogen and oxygen atoms in total. The number of nitrogens with zero attached hydrogens (tertiary/aromatic N) is 2. The van der Waals surface area contributed by atoms with Gasteiger partial charge in [0.1, 0.15) is 10.7 Å².